The van der Waals surface area contributed by atoms with Crippen LogP contribution in [0.25, 0.3) is 11.0 Å². The van der Waals surface area contributed by atoms with Gasteiger partial charge in [-0.2, -0.15) is 0 Å². The first-order valence-corrected chi connectivity index (χ1v) is 7.82. The van der Waals surface area contributed by atoms with Crippen molar-refractivity contribution in [3.8, 4) is 0 Å². The smallest absolute Gasteiger partial charge is 0.335 e. The third kappa shape index (κ3) is 3.14. The van der Waals surface area contributed by atoms with E-state index in [9.17, 15) is 13.2 Å². The molecule has 0 aliphatic rings. The molecule has 20 heavy (non-hydrogen) atoms. The van der Waals surface area contributed by atoms with Crippen molar-refractivity contribution in [1.29, 1.82) is 0 Å². The molecule has 0 saturated carbocycles. The van der Waals surface area contributed by atoms with Crippen molar-refractivity contribution in [2.24, 2.45) is 0 Å². The fourth-order valence-corrected chi connectivity index (χ4v) is 2.46. The number of carboxylic acids is 1. The van der Waals surface area contributed by atoms with E-state index in [0.717, 1.165) is 6.26 Å². The lowest BCUT2D eigenvalue weighted by Crippen LogP contribution is -2.26. The first kappa shape index (κ1) is 14.5. The van der Waals surface area contributed by atoms with Gasteiger partial charge in [-0.05, 0) is 25.1 Å². The number of rotatable bonds is 5. The second kappa shape index (κ2) is 5.22. The summed E-state index contributed by atoms with van der Waals surface area (Å²) in [5.41, 5.74) is 1.54. The molecule has 0 spiro atoms. The number of carboxylic acid groups (broad SMARTS) is 1. The standard InChI is InChI=1S/C12H15N3O4S/c1-8-14-10-4-3-9(12(16)17)7-11(10)15(8)6-5-13-20(2,18)19/h3-4,7,13H,5-6H2,1-2H3,(H,16,17). The highest BCUT2D eigenvalue weighted by Crippen LogP contribution is 2.17. The van der Waals surface area contributed by atoms with Gasteiger partial charge in [0.05, 0.1) is 22.9 Å². The lowest BCUT2D eigenvalue weighted by molar-refractivity contribution is 0.0697. The van der Waals surface area contributed by atoms with Crippen LogP contribution in [0, 0.1) is 6.92 Å². The number of imidazole rings is 1. The van der Waals surface area contributed by atoms with Gasteiger partial charge >= 0.3 is 5.97 Å². The van der Waals surface area contributed by atoms with E-state index in [0.29, 0.717) is 23.4 Å². The summed E-state index contributed by atoms with van der Waals surface area (Å²) in [5.74, 6) is -0.301. The molecular weight excluding hydrogens is 282 g/mol. The van der Waals surface area contributed by atoms with E-state index in [2.05, 4.69) is 9.71 Å². The van der Waals surface area contributed by atoms with Crippen LogP contribution in [0.15, 0.2) is 18.2 Å². The van der Waals surface area contributed by atoms with Gasteiger partial charge < -0.3 is 9.67 Å². The van der Waals surface area contributed by atoms with Gasteiger partial charge in [-0.1, -0.05) is 0 Å². The molecule has 2 rings (SSSR count). The summed E-state index contributed by atoms with van der Waals surface area (Å²) in [6.45, 7) is 2.40. The van der Waals surface area contributed by atoms with Crippen molar-refractivity contribution >= 4 is 27.0 Å². The molecular formula is C12H15N3O4S. The van der Waals surface area contributed by atoms with Crippen molar-refractivity contribution in [2.75, 3.05) is 12.8 Å². The highest BCUT2D eigenvalue weighted by Gasteiger charge is 2.11. The lowest BCUT2D eigenvalue weighted by Gasteiger charge is -2.07. The highest BCUT2D eigenvalue weighted by molar-refractivity contribution is 7.88. The van der Waals surface area contributed by atoms with E-state index < -0.39 is 16.0 Å². The molecule has 0 aliphatic carbocycles. The molecule has 0 unspecified atom stereocenters. The van der Waals surface area contributed by atoms with Gasteiger partial charge in [0.1, 0.15) is 5.82 Å². The summed E-state index contributed by atoms with van der Waals surface area (Å²) < 4.78 is 26.3. The highest BCUT2D eigenvalue weighted by atomic mass is 32.2. The summed E-state index contributed by atoms with van der Waals surface area (Å²) >= 11 is 0. The van der Waals surface area contributed by atoms with Crippen LogP contribution in [-0.4, -0.2) is 41.8 Å². The largest absolute Gasteiger partial charge is 0.478 e. The van der Waals surface area contributed by atoms with Crippen LogP contribution < -0.4 is 4.72 Å². The molecule has 1 aromatic carbocycles. The topological polar surface area (TPSA) is 101 Å². The molecule has 1 aromatic heterocycles. The minimum Gasteiger partial charge on any atom is -0.478 e. The quantitative estimate of drug-likeness (QED) is 0.841. The second-order valence-corrected chi connectivity index (χ2v) is 6.32. The van der Waals surface area contributed by atoms with E-state index in [-0.39, 0.29) is 12.1 Å². The first-order chi connectivity index (χ1) is 9.28. The average Bonchev–Trinajstić information content (AvgIpc) is 2.63. The monoisotopic (exact) mass is 297 g/mol. The number of nitrogens with zero attached hydrogens (tertiary/aromatic N) is 2. The van der Waals surface area contributed by atoms with Gasteiger partial charge in [-0.15, -0.1) is 0 Å². The maximum absolute atomic E-state index is 11.0. The zero-order valence-corrected chi connectivity index (χ0v) is 11.9. The minimum absolute atomic E-state index is 0.176. The van der Waals surface area contributed by atoms with Gasteiger partial charge in [0.15, 0.2) is 0 Å². The Morgan fingerprint density at radius 1 is 1.45 bits per heavy atom. The third-order valence-electron chi connectivity index (χ3n) is 2.89. The summed E-state index contributed by atoms with van der Waals surface area (Å²) in [7, 11) is -3.24. The Labute approximate surface area is 116 Å². The van der Waals surface area contributed by atoms with Crippen LogP contribution in [0.5, 0.6) is 0 Å². The SMILES string of the molecule is Cc1nc2ccc(C(=O)O)cc2n1CCNS(C)(=O)=O. The van der Waals surface area contributed by atoms with Gasteiger partial charge in [-0.25, -0.2) is 22.9 Å². The molecule has 0 fully saturated rings. The molecule has 8 heteroatoms. The summed E-state index contributed by atoms with van der Waals surface area (Å²) in [6.07, 6.45) is 1.09. The number of hydrogen-bond donors (Lipinski definition) is 2. The number of aromatic carboxylic acids is 1. The fourth-order valence-electron chi connectivity index (χ4n) is 2.00. The lowest BCUT2D eigenvalue weighted by atomic mass is 10.2. The van der Waals surface area contributed by atoms with Crippen LogP contribution in [0.2, 0.25) is 0 Å². The predicted octanol–water partition coefficient (Wildman–Crippen LogP) is 0.592. The van der Waals surface area contributed by atoms with Gasteiger partial charge in [0.2, 0.25) is 10.0 Å². The van der Waals surface area contributed by atoms with Crippen molar-refractivity contribution in [2.45, 2.75) is 13.5 Å². The number of aryl methyl sites for hydroxylation is 1. The Morgan fingerprint density at radius 2 is 2.15 bits per heavy atom. The predicted molar refractivity (Wildman–Crippen MR) is 74.3 cm³/mol. The zero-order valence-electron chi connectivity index (χ0n) is 11.1. The number of aromatic nitrogens is 2. The maximum atomic E-state index is 11.0. The molecule has 1 heterocycles. The van der Waals surface area contributed by atoms with Gasteiger partial charge in [-0.3, -0.25) is 0 Å². The van der Waals surface area contributed by atoms with Crippen LogP contribution in [-0.2, 0) is 16.6 Å². The number of sulfonamides is 1. The Morgan fingerprint density at radius 3 is 2.75 bits per heavy atom. The fraction of sp³-hybridized carbons (Fsp3) is 0.333. The van der Waals surface area contributed by atoms with Crippen molar-refractivity contribution < 1.29 is 18.3 Å². The number of nitrogens with one attached hydrogen (secondary N) is 1. The van der Waals surface area contributed by atoms with Crippen LogP contribution in [0.4, 0.5) is 0 Å². The van der Waals surface area contributed by atoms with Gasteiger partial charge in [0, 0.05) is 13.1 Å². The Bertz CT molecular complexity index is 764. The number of carbonyl (C=O) groups is 1. The molecule has 2 N–H and O–H groups in total. The van der Waals surface area contributed by atoms with Crippen molar-refractivity contribution in [3.05, 3.63) is 29.6 Å². The van der Waals surface area contributed by atoms with E-state index in [1.54, 1.807) is 17.6 Å². The molecule has 108 valence electrons. The van der Waals surface area contributed by atoms with Crippen molar-refractivity contribution in [1.82, 2.24) is 14.3 Å². The summed E-state index contributed by atoms with van der Waals surface area (Å²) in [6, 6.07) is 4.68. The van der Waals surface area contributed by atoms with E-state index in [1.807, 2.05) is 0 Å². The first-order valence-electron chi connectivity index (χ1n) is 5.93. The molecule has 2 aromatic rings. The number of fused-ring (bicyclic) bond motifs is 1. The molecule has 0 aliphatic heterocycles. The van der Waals surface area contributed by atoms with E-state index in [4.69, 9.17) is 5.11 Å². The van der Waals surface area contributed by atoms with Crippen molar-refractivity contribution in [3.63, 3.8) is 0 Å². The van der Waals surface area contributed by atoms with Crippen LogP contribution in [0.1, 0.15) is 16.2 Å². The molecule has 0 amide bonds. The second-order valence-electron chi connectivity index (χ2n) is 4.49. The number of benzene rings is 1. The van der Waals surface area contributed by atoms with E-state index in [1.165, 1.54) is 12.1 Å². The Balaban J connectivity index is 2.34. The molecule has 0 atom stereocenters. The Hall–Kier alpha value is -1.93. The number of hydrogen-bond acceptors (Lipinski definition) is 4. The van der Waals surface area contributed by atoms with Gasteiger partial charge in [0.25, 0.3) is 0 Å². The van der Waals surface area contributed by atoms with E-state index >= 15 is 0 Å². The Kier molecular flexibility index (Phi) is 3.78. The summed E-state index contributed by atoms with van der Waals surface area (Å²) in [5, 5.41) is 9.00. The third-order valence-corrected chi connectivity index (χ3v) is 3.61. The summed E-state index contributed by atoms with van der Waals surface area (Å²) in [4.78, 5) is 15.3. The molecule has 0 bridgehead atoms. The molecule has 7 nitrogen and oxygen atoms in total. The molecule has 0 radical (unpaired) electrons. The molecule has 0 saturated heterocycles. The van der Waals surface area contributed by atoms with Crippen LogP contribution in [0.3, 0.4) is 0 Å². The zero-order chi connectivity index (χ0) is 14.9. The minimum atomic E-state index is -3.24. The maximum Gasteiger partial charge on any atom is 0.335 e. The average molecular weight is 297 g/mol. The normalized spacial score (nSPS) is 11.9. The van der Waals surface area contributed by atoms with Crippen LogP contribution >= 0.6 is 0 Å².